The first-order valence-corrected chi connectivity index (χ1v) is 7.34. The number of hydrogen-bond donors (Lipinski definition) is 1. The highest BCUT2D eigenvalue weighted by Crippen LogP contribution is 2.38. The van der Waals surface area contributed by atoms with Crippen LogP contribution in [0.4, 0.5) is 0 Å². The average molecular weight is 246 g/mol. The first-order chi connectivity index (χ1) is 7.85. The second-order valence-electron chi connectivity index (χ2n) is 4.71. The van der Waals surface area contributed by atoms with E-state index in [-0.39, 0.29) is 5.60 Å². The summed E-state index contributed by atoms with van der Waals surface area (Å²) in [5, 5.41) is 9.50. The predicted molar refractivity (Wildman–Crippen MR) is 65.9 cm³/mol. The van der Waals surface area contributed by atoms with Crippen LogP contribution in [0.2, 0.25) is 0 Å². The molecular formula is C12H22O3S. The second kappa shape index (κ2) is 6.24. The molecule has 0 bridgehead atoms. The van der Waals surface area contributed by atoms with Crippen LogP contribution in [0.3, 0.4) is 0 Å². The van der Waals surface area contributed by atoms with Gasteiger partial charge in [0.25, 0.3) is 0 Å². The number of rotatable bonds is 4. The zero-order chi connectivity index (χ0) is 11.3. The Labute approximate surface area is 102 Å². The Balaban J connectivity index is 1.78. The van der Waals surface area contributed by atoms with Crippen molar-refractivity contribution in [3.63, 3.8) is 0 Å². The predicted octanol–water partition coefficient (Wildman–Crippen LogP) is 1.83. The lowest BCUT2D eigenvalue weighted by Gasteiger charge is -2.43. The van der Waals surface area contributed by atoms with Crippen LogP contribution in [-0.4, -0.2) is 48.1 Å². The van der Waals surface area contributed by atoms with Gasteiger partial charge >= 0.3 is 0 Å². The highest BCUT2D eigenvalue weighted by atomic mass is 32.2. The molecule has 3 nitrogen and oxygen atoms in total. The minimum atomic E-state index is 0.118. The van der Waals surface area contributed by atoms with E-state index in [4.69, 9.17) is 14.6 Å². The Kier molecular flexibility index (Phi) is 4.95. The van der Waals surface area contributed by atoms with Gasteiger partial charge in [0.1, 0.15) is 0 Å². The van der Waals surface area contributed by atoms with Gasteiger partial charge in [-0.1, -0.05) is 0 Å². The SMILES string of the molecule is OCCCSC1CCOC2(CCOCC2)C1. The third kappa shape index (κ3) is 3.36. The lowest BCUT2D eigenvalue weighted by atomic mass is 9.86. The molecule has 2 saturated heterocycles. The van der Waals surface area contributed by atoms with Gasteiger partial charge in [-0.2, -0.15) is 11.8 Å². The van der Waals surface area contributed by atoms with Crippen molar-refractivity contribution in [1.29, 1.82) is 0 Å². The molecule has 1 N–H and O–H groups in total. The number of thioether (sulfide) groups is 1. The molecule has 4 heteroatoms. The highest BCUT2D eigenvalue weighted by molar-refractivity contribution is 7.99. The van der Waals surface area contributed by atoms with Crippen LogP contribution in [0.1, 0.15) is 32.1 Å². The van der Waals surface area contributed by atoms with E-state index in [0.29, 0.717) is 6.61 Å². The van der Waals surface area contributed by atoms with Crippen LogP contribution in [-0.2, 0) is 9.47 Å². The maximum Gasteiger partial charge on any atom is 0.0736 e. The number of aliphatic hydroxyl groups is 1. The summed E-state index contributed by atoms with van der Waals surface area (Å²) < 4.78 is 11.4. The van der Waals surface area contributed by atoms with E-state index in [9.17, 15) is 0 Å². The summed E-state index contributed by atoms with van der Waals surface area (Å²) in [5.41, 5.74) is 0.118. The summed E-state index contributed by atoms with van der Waals surface area (Å²) in [7, 11) is 0. The van der Waals surface area contributed by atoms with Gasteiger partial charge in [0.2, 0.25) is 0 Å². The van der Waals surface area contributed by atoms with E-state index in [2.05, 4.69) is 0 Å². The topological polar surface area (TPSA) is 38.7 Å². The quantitative estimate of drug-likeness (QED) is 0.768. The highest BCUT2D eigenvalue weighted by Gasteiger charge is 2.38. The van der Waals surface area contributed by atoms with Crippen molar-refractivity contribution < 1.29 is 14.6 Å². The standard InChI is InChI=1S/C12H22O3S/c13-5-1-9-16-11-2-6-15-12(10-11)3-7-14-8-4-12/h11,13H,1-10H2. The molecule has 94 valence electrons. The van der Waals surface area contributed by atoms with E-state index >= 15 is 0 Å². The molecule has 1 unspecified atom stereocenters. The van der Waals surface area contributed by atoms with Crippen LogP contribution < -0.4 is 0 Å². The largest absolute Gasteiger partial charge is 0.396 e. The van der Waals surface area contributed by atoms with Crippen LogP contribution in [0.25, 0.3) is 0 Å². The van der Waals surface area contributed by atoms with Crippen molar-refractivity contribution in [2.24, 2.45) is 0 Å². The molecule has 16 heavy (non-hydrogen) atoms. The molecule has 0 saturated carbocycles. The molecule has 0 aromatic heterocycles. The number of hydrogen-bond acceptors (Lipinski definition) is 4. The smallest absolute Gasteiger partial charge is 0.0736 e. The summed E-state index contributed by atoms with van der Waals surface area (Å²) in [6.45, 7) is 2.92. The van der Waals surface area contributed by atoms with Gasteiger partial charge in [-0.05, 0) is 37.9 Å². The average Bonchev–Trinajstić information content (AvgIpc) is 2.31. The fraction of sp³-hybridized carbons (Fsp3) is 1.00. The maximum absolute atomic E-state index is 8.78. The van der Waals surface area contributed by atoms with E-state index in [1.54, 1.807) is 0 Å². The minimum absolute atomic E-state index is 0.118. The molecule has 1 atom stereocenters. The lowest BCUT2D eigenvalue weighted by Crippen LogP contribution is -2.45. The molecule has 2 rings (SSSR count). The molecule has 2 aliphatic heterocycles. The molecule has 0 aromatic rings. The Hall–Kier alpha value is 0.230. The first-order valence-electron chi connectivity index (χ1n) is 6.29. The normalized spacial score (nSPS) is 29.4. The van der Waals surface area contributed by atoms with Crippen molar-refractivity contribution in [3.8, 4) is 0 Å². The van der Waals surface area contributed by atoms with Crippen molar-refractivity contribution in [2.75, 3.05) is 32.2 Å². The third-order valence-corrected chi connectivity index (χ3v) is 4.91. The summed E-state index contributed by atoms with van der Waals surface area (Å²) in [6.07, 6.45) is 5.37. The van der Waals surface area contributed by atoms with Gasteiger partial charge in [-0.25, -0.2) is 0 Å². The Morgan fingerprint density at radius 2 is 2.06 bits per heavy atom. The van der Waals surface area contributed by atoms with Gasteiger partial charge in [-0.15, -0.1) is 0 Å². The van der Waals surface area contributed by atoms with E-state index in [0.717, 1.165) is 50.1 Å². The first kappa shape index (κ1) is 12.7. The van der Waals surface area contributed by atoms with E-state index in [1.165, 1.54) is 12.8 Å². The van der Waals surface area contributed by atoms with Gasteiger partial charge in [0.15, 0.2) is 0 Å². The molecule has 0 aliphatic carbocycles. The van der Waals surface area contributed by atoms with Gasteiger partial charge < -0.3 is 14.6 Å². The Bertz CT molecular complexity index is 199. The van der Waals surface area contributed by atoms with Crippen LogP contribution in [0, 0.1) is 0 Å². The molecular weight excluding hydrogens is 224 g/mol. The second-order valence-corrected chi connectivity index (χ2v) is 6.11. The fourth-order valence-electron chi connectivity index (χ4n) is 2.53. The molecule has 1 spiro atoms. The molecule has 0 radical (unpaired) electrons. The van der Waals surface area contributed by atoms with Crippen molar-refractivity contribution in [1.82, 2.24) is 0 Å². The van der Waals surface area contributed by atoms with Gasteiger partial charge in [0, 0.05) is 31.7 Å². The Morgan fingerprint density at radius 3 is 2.81 bits per heavy atom. The monoisotopic (exact) mass is 246 g/mol. The summed E-state index contributed by atoms with van der Waals surface area (Å²) in [4.78, 5) is 0. The number of aliphatic hydroxyl groups excluding tert-OH is 1. The lowest BCUT2D eigenvalue weighted by molar-refractivity contribution is -0.131. The minimum Gasteiger partial charge on any atom is -0.396 e. The van der Waals surface area contributed by atoms with E-state index < -0.39 is 0 Å². The Morgan fingerprint density at radius 1 is 1.25 bits per heavy atom. The summed E-state index contributed by atoms with van der Waals surface area (Å²) >= 11 is 2.01. The van der Waals surface area contributed by atoms with Crippen LogP contribution in [0.15, 0.2) is 0 Å². The molecule has 2 fully saturated rings. The fourth-order valence-corrected chi connectivity index (χ4v) is 3.85. The number of ether oxygens (including phenoxy) is 2. The zero-order valence-electron chi connectivity index (χ0n) is 9.82. The molecule has 0 aromatic carbocycles. The van der Waals surface area contributed by atoms with Crippen molar-refractivity contribution >= 4 is 11.8 Å². The summed E-state index contributed by atoms with van der Waals surface area (Å²) in [6, 6.07) is 0. The van der Waals surface area contributed by atoms with Crippen molar-refractivity contribution in [2.45, 2.75) is 43.0 Å². The molecule has 2 heterocycles. The van der Waals surface area contributed by atoms with Gasteiger partial charge in [-0.3, -0.25) is 0 Å². The van der Waals surface area contributed by atoms with Crippen LogP contribution in [0.5, 0.6) is 0 Å². The summed E-state index contributed by atoms with van der Waals surface area (Å²) in [5.74, 6) is 1.08. The zero-order valence-corrected chi connectivity index (χ0v) is 10.6. The molecule has 2 aliphatic rings. The van der Waals surface area contributed by atoms with Crippen molar-refractivity contribution in [3.05, 3.63) is 0 Å². The van der Waals surface area contributed by atoms with Gasteiger partial charge in [0.05, 0.1) is 5.60 Å². The third-order valence-electron chi connectivity index (χ3n) is 3.51. The molecule has 0 amide bonds. The van der Waals surface area contributed by atoms with E-state index in [1.807, 2.05) is 11.8 Å². The maximum atomic E-state index is 8.78. The van der Waals surface area contributed by atoms with Crippen LogP contribution >= 0.6 is 11.8 Å².